The second-order valence-electron chi connectivity index (χ2n) is 6.06. The number of nitrogens with one attached hydrogen (secondary N) is 1. The first-order valence-electron chi connectivity index (χ1n) is 8.55. The minimum atomic E-state index is -0.623. The normalized spacial score (nSPS) is 11.7. The lowest BCUT2D eigenvalue weighted by molar-refractivity contribution is -0.140. The summed E-state index contributed by atoms with van der Waals surface area (Å²) in [4.78, 5) is 27.0. The molecule has 27 heavy (non-hydrogen) atoms. The second kappa shape index (κ2) is 9.98. The van der Waals surface area contributed by atoms with Crippen molar-refractivity contribution in [3.63, 3.8) is 0 Å². The van der Waals surface area contributed by atoms with Crippen LogP contribution in [0.1, 0.15) is 24.5 Å². The Kier molecular flexibility index (Phi) is 7.96. The molecule has 0 unspecified atom stereocenters. The highest BCUT2D eigenvalue weighted by molar-refractivity contribution is 6.36. The maximum atomic E-state index is 13.1. The molecular weight excluding hydrogens is 407 g/mol. The Morgan fingerprint density at radius 2 is 1.63 bits per heavy atom. The number of carbonyl (C=O) groups excluding carboxylic acids is 2. The number of halogens is 3. The molecule has 0 aliphatic heterocycles. The summed E-state index contributed by atoms with van der Waals surface area (Å²) in [6.07, 6.45) is 0.612. The Bertz CT molecular complexity index is 789. The first kappa shape index (κ1) is 21.5. The number of benzene rings is 2. The highest BCUT2D eigenvalue weighted by atomic mass is 35.5. The SMILES string of the molecule is CC[C@H](C(=O)NC)N(Cc1c(Cl)cccc1Cl)C(=O)Cc1ccc(Cl)cc1. The van der Waals surface area contributed by atoms with Crippen LogP contribution in [0.4, 0.5) is 0 Å². The minimum absolute atomic E-state index is 0.146. The largest absolute Gasteiger partial charge is 0.357 e. The summed E-state index contributed by atoms with van der Waals surface area (Å²) in [6.45, 7) is 2.01. The van der Waals surface area contributed by atoms with E-state index in [9.17, 15) is 9.59 Å². The summed E-state index contributed by atoms with van der Waals surface area (Å²) in [6, 6.07) is 11.6. The Balaban J connectivity index is 2.34. The predicted octanol–water partition coefficient (Wildman–Crippen LogP) is 4.74. The van der Waals surface area contributed by atoms with Gasteiger partial charge in [0.2, 0.25) is 11.8 Å². The monoisotopic (exact) mass is 426 g/mol. The van der Waals surface area contributed by atoms with Crippen LogP contribution in [-0.2, 0) is 22.6 Å². The zero-order valence-electron chi connectivity index (χ0n) is 15.1. The van der Waals surface area contributed by atoms with Crippen molar-refractivity contribution in [2.24, 2.45) is 0 Å². The summed E-state index contributed by atoms with van der Waals surface area (Å²) in [7, 11) is 1.55. The fourth-order valence-corrected chi connectivity index (χ4v) is 3.46. The molecule has 0 aliphatic rings. The van der Waals surface area contributed by atoms with Crippen molar-refractivity contribution in [3.05, 3.63) is 68.7 Å². The molecule has 1 N–H and O–H groups in total. The van der Waals surface area contributed by atoms with Gasteiger partial charge in [-0.25, -0.2) is 0 Å². The van der Waals surface area contributed by atoms with Gasteiger partial charge in [0.1, 0.15) is 6.04 Å². The van der Waals surface area contributed by atoms with Crippen LogP contribution in [0.15, 0.2) is 42.5 Å². The number of rotatable bonds is 7. The van der Waals surface area contributed by atoms with Crippen molar-refractivity contribution < 1.29 is 9.59 Å². The lowest BCUT2D eigenvalue weighted by atomic mass is 10.1. The minimum Gasteiger partial charge on any atom is -0.357 e. The first-order chi connectivity index (χ1) is 12.9. The Morgan fingerprint density at radius 1 is 1.04 bits per heavy atom. The fourth-order valence-electron chi connectivity index (χ4n) is 2.82. The van der Waals surface area contributed by atoms with E-state index in [0.717, 1.165) is 5.56 Å². The van der Waals surface area contributed by atoms with Crippen LogP contribution in [0.2, 0.25) is 15.1 Å². The molecule has 2 aromatic rings. The molecule has 2 aromatic carbocycles. The molecule has 0 saturated carbocycles. The quantitative estimate of drug-likeness (QED) is 0.693. The van der Waals surface area contributed by atoms with Crippen molar-refractivity contribution in [3.8, 4) is 0 Å². The molecule has 0 saturated heterocycles. The average molecular weight is 428 g/mol. The van der Waals surface area contributed by atoms with Crippen molar-refractivity contribution in [1.29, 1.82) is 0 Å². The molecule has 0 heterocycles. The van der Waals surface area contributed by atoms with Gasteiger partial charge in [0.25, 0.3) is 0 Å². The van der Waals surface area contributed by atoms with Crippen LogP contribution >= 0.6 is 34.8 Å². The Hall–Kier alpha value is -1.75. The molecule has 0 aromatic heterocycles. The summed E-state index contributed by atoms with van der Waals surface area (Å²) in [5.41, 5.74) is 1.43. The van der Waals surface area contributed by atoms with Gasteiger partial charge in [-0.15, -0.1) is 0 Å². The van der Waals surface area contributed by atoms with Crippen LogP contribution in [-0.4, -0.2) is 29.8 Å². The van der Waals surface area contributed by atoms with Crippen LogP contribution in [0.25, 0.3) is 0 Å². The third kappa shape index (κ3) is 5.61. The summed E-state index contributed by atoms with van der Waals surface area (Å²) in [5, 5.41) is 4.14. The van der Waals surface area contributed by atoms with E-state index in [1.165, 1.54) is 4.90 Å². The van der Waals surface area contributed by atoms with Gasteiger partial charge >= 0.3 is 0 Å². The predicted molar refractivity (Wildman–Crippen MR) is 110 cm³/mol. The van der Waals surface area contributed by atoms with Crippen molar-refractivity contribution >= 4 is 46.6 Å². The highest BCUT2D eigenvalue weighted by Crippen LogP contribution is 2.27. The van der Waals surface area contributed by atoms with E-state index in [2.05, 4.69) is 5.32 Å². The zero-order valence-corrected chi connectivity index (χ0v) is 17.4. The molecule has 0 spiro atoms. The molecular formula is C20H21Cl3N2O2. The van der Waals surface area contributed by atoms with Gasteiger partial charge in [-0.1, -0.05) is 59.9 Å². The fraction of sp³-hybridized carbons (Fsp3) is 0.300. The van der Waals surface area contributed by atoms with Gasteiger partial charge < -0.3 is 10.2 Å². The number of nitrogens with zero attached hydrogens (tertiary/aromatic N) is 1. The summed E-state index contributed by atoms with van der Waals surface area (Å²) >= 11 is 18.5. The van der Waals surface area contributed by atoms with Gasteiger partial charge in [-0.05, 0) is 36.2 Å². The zero-order chi connectivity index (χ0) is 20.0. The standard InChI is InChI=1S/C20H21Cl3N2O2/c1-3-18(20(27)24-2)25(12-15-16(22)5-4-6-17(15)23)19(26)11-13-7-9-14(21)10-8-13/h4-10,18H,3,11-12H2,1-2H3,(H,24,27)/t18-/m1/s1. The maximum absolute atomic E-state index is 13.1. The molecule has 0 radical (unpaired) electrons. The third-order valence-corrected chi connectivity index (χ3v) is 5.25. The van der Waals surface area contributed by atoms with E-state index in [0.29, 0.717) is 27.1 Å². The number of hydrogen-bond donors (Lipinski definition) is 1. The third-order valence-electron chi connectivity index (χ3n) is 4.29. The summed E-state index contributed by atoms with van der Waals surface area (Å²) in [5.74, 6) is -0.422. The first-order valence-corrected chi connectivity index (χ1v) is 9.69. The second-order valence-corrected chi connectivity index (χ2v) is 7.31. The number of hydrogen-bond acceptors (Lipinski definition) is 2. The van der Waals surface area contributed by atoms with E-state index in [-0.39, 0.29) is 24.8 Å². The lowest BCUT2D eigenvalue weighted by Crippen LogP contribution is -2.48. The maximum Gasteiger partial charge on any atom is 0.242 e. The van der Waals surface area contributed by atoms with Crippen molar-refractivity contribution in [1.82, 2.24) is 10.2 Å². The van der Waals surface area contributed by atoms with Crippen LogP contribution in [0.5, 0.6) is 0 Å². The molecule has 0 fully saturated rings. The van der Waals surface area contributed by atoms with E-state index in [1.54, 1.807) is 49.5 Å². The van der Waals surface area contributed by atoms with Crippen LogP contribution < -0.4 is 5.32 Å². The van der Waals surface area contributed by atoms with E-state index >= 15 is 0 Å². The number of amides is 2. The van der Waals surface area contributed by atoms with Gasteiger partial charge in [0.05, 0.1) is 6.42 Å². The van der Waals surface area contributed by atoms with Crippen LogP contribution in [0.3, 0.4) is 0 Å². The highest BCUT2D eigenvalue weighted by Gasteiger charge is 2.29. The number of likely N-dealkylation sites (N-methyl/N-ethyl adjacent to an activating group) is 1. The smallest absolute Gasteiger partial charge is 0.242 e. The van der Waals surface area contributed by atoms with Gasteiger partial charge in [-0.2, -0.15) is 0 Å². The lowest BCUT2D eigenvalue weighted by Gasteiger charge is -2.31. The van der Waals surface area contributed by atoms with Crippen LogP contribution in [0, 0.1) is 0 Å². The molecule has 7 heteroatoms. The molecule has 0 aliphatic carbocycles. The molecule has 4 nitrogen and oxygen atoms in total. The molecule has 1 atom stereocenters. The molecule has 0 bridgehead atoms. The van der Waals surface area contributed by atoms with E-state index in [1.807, 2.05) is 6.92 Å². The van der Waals surface area contributed by atoms with Crippen molar-refractivity contribution in [2.75, 3.05) is 7.05 Å². The topological polar surface area (TPSA) is 49.4 Å². The summed E-state index contributed by atoms with van der Waals surface area (Å²) < 4.78 is 0. The average Bonchev–Trinajstić information content (AvgIpc) is 2.65. The van der Waals surface area contributed by atoms with Gasteiger partial charge in [0, 0.05) is 34.2 Å². The molecule has 2 amide bonds. The van der Waals surface area contributed by atoms with Gasteiger partial charge in [-0.3, -0.25) is 9.59 Å². The Morgan fingerprint density at radius 3 is 2.15 bits per heavy atom. The van der Waals surface area contributed by atoms with E-state index in [4.69, 9.17) is 34.8 Å². The van der Waals surface area contributed by atoms with E-state index < -0.39 is 6.04 Å². The van der Waals surface area contributed by atoms with Gasteiger partial charge in [0.15, 0.2) is 0 Å². The Labute approximate surface area is 174 Å². The molecule has 2 rings (SSSR count). The number of carbonyl (C=O) groups is 2. The molecule has 144 valence electrons. The van der Waals surface area contributed by atoms with Crippen molar-refractivity contribution in [2.45, 2.75) is 32.4 Å².